The summed E-state index contributed by atoms with van der Waals surface area (Å²) in [5, 5.41) is 2.77. The number of nitrogen functional groups attached to an aromatic ring is 1. The van der Waals surface area contributed by atoms with Crippen molar-refractivity contribution >= 4 is 17.3 Å². The summed E-state index contributed by atoms with van der Waals surface area (Å²) in [5.41, 5.74) is 6.07. The molecule has 0 aliphatic carbocycles. The number of nitrogens with zero attached hydrogens (tertiary/aromatic N) is 1. The van der Waals surface area contributed by atoms with Crippen molar-refractivity contribution in [2.75, 3.05) is 30.7 Å². The van der Waals surface area contributed by atoms with Gasteiger partial charge >= 0.3 is 0 Å². The highest BCUT2D eigenvalue weighted by Gasteiger charge is 2.12. The lowest BCUT2D eigenvalue weighted by Crippen LogP contribution is -2.35. The van der Waals surface area contributed by atoms with Gasteiger partial charge in [0, 0.05) is 5.69 Å². The summed E-state index contributed by atoms with van der Waals surface area (Å²) >= 11 is 0. The van der Waals surface area contributed by atoms with E-state index in [1.807, 2.05) is 0 Å². The molecule has 0 bridgehead atoms. The van der Waals surface area contributed by atoms with E-state index < -0.39 is 5.82 Å². The van der Waals surface area contributed by atoms with E-state index in [0.29, 0.717) is 12.2 Å². The van der Waals surface area contributed by atoms with Crippen LogP contribution in [0.2, 0.25) is 0 Å². The molecule has 1 saturated heterocycles. The number of hydrogen-bond donors (Lipinski definition) is 2. The average molecular weight is 279 g/mol. The van der Waals surface area contributed by atoms with Crippen molar-refractivity contribution in [3.05, 3.63) is 24.0 Å². The number of benzene rings is 1. The summed E-state index contributed by atoms with van der Waals surface area (Å²) in [5.74, 6) is -0.539. The van der Waals surface area contributed by atoms with Gasteiger partial charge in [0.05, 0.1) is 12.2 Å². The molecule has 4 nitrogen and oxygen atoms in total. The van der Waals surface area contributed by atoms with Gasteiger partial charge in [-0.15, -0.1) is 0 Å². The SMILES string of the molecule is Nc1cc(NC(=O)CN2CCCCCCC2)ccc1F. The van der Waals surface area contributed by atoms with Gasteiger partial charge in [0.2, 0.25) is 5.91 Å². The molecule has 110 valence electrons. The van der Waals surface area contributed by atoms with Crippen molar-refractivity contribution in [1.82, 2.24) is 4.90 Å². The van der Waals surface area contributed by atoms with Gasteiger partial charge in [-0.3, -0.25) is 9.69 Å². The first kappa shape index (κ1) is 14.8. The average Bonchev–Trinajstić information content (AvgIpc) is 2.37. The van der Waals surface area contributed by atoms with Crippen LogP contribution in [0.4, 0.5) is 15.8 Å². The maximum absolute atomic E-state index is 13.0. The summed E-state index contributed by atoms with van der Waals surface area (Å²) in [6.45, 7) is 2.33. The van der Waals surface area contributed by atoms with Gasteiger partial charge in [0.25, 0.3) is 0 Å². The van der Waals surface area contributed by atoms with Crippen LogP contribution in [0.1, 0.15) is 32.1 Å². The van der Waals surface area contributed by atoms with Gasteiger partial charge in [0.15, 0.2) is 0 Å². The highest BCUT2D eigenvalue weighted by molar-refractivity contribution is 5.92. The van der Waals surface area contributed by atoms with Crippen molar-refractivity contribution in [2.24, 2.45) is 0 Å². The number of anilines is 2. The number of hydrogen-bond acceptors (Lipinski definition) is 3. The van der Waals surface area contributed by atoms with Crippen molar-refractivity contribution in [1.29, 1.82) is 0 Å². The Morgan fingerprint density at radius 3 is 2.50 bits per heavy atom. The van der Waals surface area contributed by atoms with Crippen molar-refractivity contribution in [3.8, 4) is 0 Å². The summed E-state index contributed by atoms with van der Waals surface area (Å²) in [6.07, 6.45) is 6.08. The molecule has 2 rings (SSSR count). The number of carbonyl (C=O) groups is 1. The Hall–Kier alpha value is -1.62. The fourth-order valence-corrected chi connectivity index (χ4v) is 2.50. The fraction of sp³-hybridized carbons (Fsp3) is 0.533. The van der Waals surface area contributed by atoms with Gasteiger partial charge in [-0.2, -0.15) is 0 Å². The van der Waals surface area contributed by atoms with Crippen LogP contribution in [0.15, 0.2) is 18.2 Å². The van der Waals surface area contributed by atoms with E-state index >= 15 is 0 Å². The number of amides is 1. The third-order valence-electron chi connectivity index (χ3n) is 3.60. The lowest BCUT2D eigenvalue weighted by molar-refractivity contribution is -0.117. The van der Waals surface area contributed by atoms with Crippen molar-refractivity contribution in [2.45, 2.75) is 32.1 Å². The van der Waals surface area contributed by atoms with Crippen molar-refractivity contribution < 1.29 is 9.18 Å². The molecular weight excluding hydrogens is 257 g/mol. The quantitative estimate of drug-likeness (QED) is 0.836. The Labute approximate surface area is 119 Å². The summed E-state index contributed by atoms with van der Waals surface area (Å²) < 4.78 is 13.0. The number of rotatable bonds is 3. The third-order valence-corrected chi connectivity index (χ3v) is 3.60. The molecule has 20 heavy (non-hydrogen) atoms. The molecule has 1 fully saturated rings. The number of nitrogens with two attached hydrogens (primary N) is 1. The lowest BCUT2D eigenvalue weighted by atomic mass is 10.1. The van der Waals surface area contributed by atoms with Gasteiger partial charge < -0.3 is 11.1 Å². The Morgan fingerprint density at radius 2 is 1.85 bits per heavy atom. The van der Waals surface area contributed by atoms with Crippen molar-refractivity contribution in [3.63, 3.8) is 0 Å². The third kappa shape index (κ3) is 4.49. The van der Waals surface area contributed by atoms with Crippen LogP contribution in [0, 0.1) is 5.82 Å². The normalized spacial score (nSPS) is 17.2. The Bertz CT molecular complexity index is 456. The van der Waals surface area contributed by atoms with Crippen LogP contribution in [-0.2, 0) is 4.79 Å². The van der Waals surface area contributed by atoms with Gasteiger partial charge in [-0.25, -0.2) is 4.39 Å². The Balaban J connectivity index is 1.85. The van der Waals surface area contributed by atoms with Crippen LogP contribution in [0.5, 0.6) is 0 Å². The Kier molecular flexibility index (Phi) is 5.35. The van der Waals surface area contributed by atoms with E-state index in [0.717, 1.165) is 25.9 Å². The highest BCUT2D eigenvalue weighted by atomic mass is 19.1. The zero-order valence-corrected chi connectivity index (χ0v) is 11.7. The molecule has 1 aromatic rings. The molecule has 0 saturated carbocycles. The molecule has 1 heterocycles. The molecule has 0 aromatic heterocycles. The smallest absolute Gasteiger partial charge is 0.238 e. The fourth-order valence-electron chi connectivity index (χ4n) is 2.50. The van der Waals surface area contributed by atoms with E-state index in [4.69, 9.17) is 5.73 Å². The largest absolute Gasteiger partial charge is 0.396 e. The monoisotopic (exact) mass is 279 g/mol. The van der Waals surface area contributed by atoms with E-state index in [2.05, 4.69) is 10.2 Å². The lowest BCUT2D eigenvalue weighted by Gasteiger charge is -2.23. The second-order valence-corrected chi connectivity index (χ2v) is 5.33. The highest BCUT2D eigenvalue weighted by Crippen LogP contribution is 2.16. The van der Waals surface area contributed by atoms with Crippen LogP contribution in [0.3, 0.4) is 0 Å². The molecule has 0 atom stereocenters. The second-order valence-electron chi connectivity index (χ2n) is 5.33. The first-order valence-corrected chi connectivity index (χ1v) is 7.22. The van der Waals surface area contributed by atoms with Gasteiger partial charge in [-0.1, -0.05) is 19.3 Å². The summed E-state index contributed by atoms with van der Waals surface area (Å²) in [6, 6.07) is 4.23. The van der Waals surface area contributed by atoms with E-state index in [-0.39, 0.29) is 11.6 Å². The zero-order valence-electron chi connectivity index (χ0n) is 11.7. The summed E-state index contributed by atoms with van der Waals surface area (Å²) in [7, 11) is 0. The Morgan fingerprint density at radius 1 is 1.20 bits per heavy atom. The van der Waals surface area contributed by atoms with Gasteiger partial charge in [-0.05, 0) is 44.1 Å². The van der Waals surface area contributed by atoms with E-state index in [1.165, 1.54) is 37.5 Å². The minimum absolute atomic E-state index is 0.0501. The van der Waals surface area contributed by atoms with E-state index in [1.54, 1.807) is 0 Å². The predicted molar refractivity (Wildman–Crippen MR) is 79.0 cm³/mol. The molecule has 0 spiro atoms. The maximum atomic E-state index is 13.0. The zero-order chi connectivity index (χ0) is 14.4. The molecule has 1 amide bonds. The number of halogens is 1. The molecule has 1 aromatic carbocycles. The number of likely N-dealkylation sites (tertiary alicyclic amines) is 1. The molecule has 1 aliphatic heterocycles. The van der Waals surface area contributed by atoms with Gasteiger partial charge in [0.1, 0.15) is 5.82 Å². The molecule has 5 heteroatoms. The maximum Gasteiger partial charge on any atom is 0.238 e. The molecule has 1 aliphatic rings. The van der Waals surface area contributed by atoms with E-state index in [9.17, 15) is 9.18 Å². The number of carbonyl (C=O) groups excluding carboxylic acids is 1. The van der Waals surface area contributed by atoms with Crippen LogP contribution in [0.25, 0.3) is 0 Å². The second kappa shape index (κ2) is 7.24. The van der Waals surface area contributed by atoms with Crippen LogP contribution >= 0.6 is 0 Å². The van der Waals surface area contributed by atoms with Crippen LogP contribution < -0.4 is 11.1 Å². The first-order valence-electron chi connectivity index (χ1n) is 7.22. The van der Waals surface area contributed by atoms with Crippen LogP contribution in [-0.4, -0.2) is 30.4 Å². The molecule has 0 unspecified atom stereocenters. The molecule has 3 N–H and O–H groups in total. The molecular formula is C15H22FN3O. The minimum atomic E-state index is -0.466. The summed E-state index contributed by atoms with van der Waals surface area (Å²) in [4.78, 5) is 14.2. The predicted octanol–water partition coefficient (Wildman–Crippen LogP) is 2.61. The molecule has 0 radical (unpaired) electrons. The number of nitrogens with one attached hydrogen (secondary N) is 1. The minimum Gasteiger partial charge on any atom is -0.396 e. The standard InChI is InChI=1S/C15H22FN3O/c16-13-7-6-12(10-14(13)17)18-15(20)11-19-8-4-2-1-3-5-9-19/h6-7,10H,1-5,8-9,11,17H2,(H,18,20). The first-order chi connectivity index (χ1) is 9.65. The topological polar surface area (TPSA) is 58.4 Å².